The average Bonchev–Trinajstić information content (AvgIpc) is 2.95. The molecule has 1 amide bonds. The van der Waals surface area contributed by atoms with Gasteiger partial charge < -0.3 is 5.11 Å². The predicted octanol–water partition coefficient (Wildman–Crippen LogP) is 4.67. The van der Waals surface area contributed by atoms with Gasteiger partial charge in [-0.15, -0.1) is 11.3 Å². The number of carbonyl (C=O) groups is 1. The third-order valence-electron chi connectivity index (χ3n) is 3.04. The minimum atomic E-state index is -0.422. The second-order valence-corrected chi connectivity index (χ2v) is 6.38. The Labute approximate surface area is 143 Å². The van der Waals surface area contributed by atoms with Crippen LogP contribution in [-0.2, 0) is 0 Å². The van der Waals surface area contributed by atoms with E-state index in [2.05, 4.69) is 26.2 Å². The van der Waals surface area contributed by atoms with Crippen molar-refractivity contribution in [3.05, 3.63) is 63.7 Å². The molecule has 0 bridgehead atoms. The molecular formula is C16H10BrFN2O2S. The van der Waals surface area contributed by atoms with Gasteiger partial charge in [-0.1, -0.05) is 12.1 Å². The number of amides is 1. The van der Waals surface area contributed by atoms with Gasteiger partial charge in [0.1, 0.15) is 11.6 Å². The Balaban J connectivity index is 1.80. The van der Waals surface area contributed by atoms with E-state index in [-0.39, 0.29) is 11.7 Å². The summed E-state index contributed by atoms with van der Waals surface area (Å²) >= 11 is 4.43. The zero-order valence-corrected chi connectivity index (χ0v) is 14.0. The molecule has 0 aliphatic rings. The molecule has 0 aliphatic carbocycles. The number of anilines is 1. The van der Waals surface area contributed by atoms with Crippen LogP contribution in [0.2, 0.25) is 0 Å². The Hall–Kier alpha value is -2.25. The number of benzene rings is 2. The lowest BCUT2D eigenvalue weighted by Gasteiger charge is -2.04. The minimum Gasteiger partial charge on any atom is -0.508 e. The van der Waals surface area contributed by atoms with Gasteiger partial charge >= 0.3 is 0 Å². The summed E-state index contributed by atoms with van der Waals surface area (Å²) in [5.41, 5.74) is 1.73. The second kappa shape index (κ2) is 6.47. The number of aromatic nitrogens is 1. The van der Waals surface area contributed by atoms with Crippen LogP contribution < -0.4 is 5.32 Å². The van der Waals surface area contributed by atoms with E-state index in [0.29, 0.717) is 20.9 Å². The number of phenolic OH excluding ortho intramolecular Hbond substituents is 1. The van der Waals surface area contributed by atoms with Crippen LogP contribution in [0.15, 0.2) is 52.3 Å². The van der Waals surface area contributed by atoms with Crippen molar-refractivity contribution in [3.8, 4) is 17.0 Å². The third-order valence-corrected chi connectivity index (χ3v) is 4.46. The first-order valence-corrected chi connectivity index (χ1v) is 8.21. The van der Waals surface area contributed by atoms with Crippen molar-refractivity contribution in [2.24, 2.45) is 0 Å². The van der Waals surface area contributed by atoms with Crippen LogP contribution in [0.5, 0.6) is 5.75 Å². The highest BCUT2D eigenvalue weighted by atomic mass is 79.9. The highest BCUT2D eigenvalue weighted by Gasteiger charge is 2.13. The number of halogens is 2. The molecule has 3 aromatic rings. The number of phenols is 1. The molecule has 0 spiro atoms. The van der Waals surface area contributed by atoms with Crippen molar-refractivity contribution >= 4 is 38.3 Å². The van der Waals surface area contributed by atoms with Gasteiger partial charge in [0.2, 0.25) is 0 Å². The average molecular weight is 393 g/mol. The van der Waals surface area contributed by atoms with Gasteiger partial charge in [-0.05, 0) is 46.3 Å². The maximum atomic E-state index is 13.1. The van der Waals surface area contributed by atoms with Crippen molar-refractivity contribution in [2.45, 2.75) is 0 Å². The Morgan fingerprint density at radius 3 is 2.83 bits per heavy atom. The fourth-order valence-corrected chi connectivity index (χ4v) is 3.21. The minimum absolute atomic E-state index is 0.149. The summed E-state index contributed by atoms with van der Waals surface area (Å²) in [6, 6.07) is 10.6. The monoisotopic (exact) mass is 392 g/mol. The number of hydrogen-bond donors (Lipinski definition) is 2. The number of hydrogen-bond acceptors (Lipinski definition) is 4. The molecular weight excluding hydrogens is 383 g/mol. The van der Waals surface area contributed by atoms with E-state index in [0.717, 1.165) is 5.56 Å². The summed E-state index contributed by atoms with van der Waals surface area (Å²) < 4.78 is 13.4. The molecule has 4 nitrogen and oxygen atoms in total. The molecule has 1 aromatic heterocycles. The molecule has 0 fully saturated rings. The van der Waals surface area contributed by atoms with E-state index in [1.807, 2.05) is 6.07 Å². The van der Waals surface area contributed by atoms with E-state index in [1.54, 1.807) is 23.6 Å². The Morgan fingerprint density at radius 2 is 2.09 bits per heavy atom. The normalized spacial score (nSPS) is 10.5. The molecule has 23 heavy (non-hydrogen) atoms. The Bertz CT molecular complexity index is 882. The van der Waals surface area contributed by atoms with E-state index in [4.69, 9.17) is 0 Å². The molecule has 0 atom stereocenters. The fourth-order valence-electron chi connectivity index (χ4n) is 1.97. The molecule has 2 N–H and O–H groups in total. The van der Waals surface area contributed by atoms with Crippen LogP contribution in [0.4, 0.5) is 9.52 Å². The Morgan fingerprint density at radius 1 is 1.26 bits per heavy atom. The van der Waals surface area contributed by atoms with Crippen molar-refractivity contribution in [1.29, 1.82) is 0 Å². The van der Waals surface area contributed by atoms with Gasteiger partial charge in [-0.2, -0.15) is 0 Å². The summed E-state index contributed by atoms with van der Waals surface area (Å²) in [7, 11) is 0. The van der Waals surface area contributed by atoms with E-state index in [1.165, 1.54) is 29.5 Å². The number of carbonyl (C=O) groups excluding carboxylic acids is 1. The number of thiazole rings is 1. The quantitative estimate of drug-likeness (QED) is 0.680. The first-order valence-electron chi connectivity index (χ1n) is 6.54. The van der Waals surface area contributed by atoms with Gasteiger partial charge in [0.05, 0.1) is 11.3 Å². The van der Waals surface area contributed by atoms with Crippen LogP contribution in [0, 0.1) is 5.82 Å². The van der Waals surface area contributed by atoms with Crippen molar-refractivity contribution in [1.82, 2.24) is 4.98 Å². The Kier molecular flexibility index (Phi) is 4.40. The van der Waals surface area contributed by atoms with Crippen LogP contribution >= 0.6 is 27.3 Å². The second-order valence-electron chi connectivity index (χ2n) is 4.67. The number of rotatable bonds is 3. The van der Waals surface area contributed by atoms with Crippen molar-refractivity contribution < 1.29 is 14.3 Å². The van der Waals surface area contributed by atoms with E-state index >= 15 is 0 Å². The third kappa shape index (κ3) is 3.57. The molecule has 0 saturated carbocycles. The molecule has 0 saturated heterocycles. The van der Waals surface area contributed by atoms with Crippen LogP contribution in [0.25, 0.3) is 11.3 Å². The van der Waals surface area contributed by atoms with Crippen LogP contribution in [0.1, 0.15) is 10.4 Å². The van der Waals surface area contributed by atoms with Crippen LogP contribution in [-0.4, -0.2) is 16.0 Å². The molecule has 7 heteroatoms. The molecule has 2 aromatic carbocycles. The van der Waals surface area contributed by atoms with E-state index in [9.17, 15) is 14.3 Å². The molecule has 0 radical (unpaired) electrons. The summed E-state index contributed by atoms with van der Waals surface area (Å²) in [5, 5.41) is 14.4. The lowest BCUT2D eigenvalue weighted by atomic mass is 10.2. The molecule has 116 valence electrons. The van der Waals surface area contributed by atoms with Gasteiger partial charge in [-0.3, -0.25) is 10.1 Å². The molecule has 3 rings (SSSR count). The molecule has 1 heterocycles. The molecule has 0 aliphatic heterocycles. The zero-order valence-electron chi connectivity index (χ0n) is 11.6. The van der Waals surface area contributed by atoms with Crippen molar-refractivity contribution in [2.75, 3.05) is 5.32 Å². The number of aromatic hydroxyl groups is 1. The first kappa shape index (κ1) is 15.6. The van der Waals surface area contributed by atoms with Gasteiger partial charge in [0, 0.05) is 15.4 Å². The summed E-state index contributed by atoms with van der Waals surface area (Å²) in [6.07, 6.45) is 0. The summed E-state index contributed by atoms with van der Waals surface area (Å²) in [6.45, 7) is 0. The largest absolute Gasteiger partial charge is 0.508 e. The zero-order chi connectivity index (χ0) is 16.4. The van der Waals surface area contributed by atoms with Gasteiger partial charge in [-0.25, -0.2) is 9.37 Å². The lowest BCUT2D eigenvalue weighted by molar-refractivity contribution is 0.102. The van der Waals surface area contributed by atoms with Gasteiger partial charge in [0.25, 0.3) is 5.91 Å². The first-order chi connectivity index (χ1) is 11.0. The SMILES string of the molecule is O=C(Nc1nc(-c2cccc(O)c2)cs1)c1ccc(F)cc1Br. The lowest BCUT2D eigenvalue weighted by Crippen LogP contribution is -2.12. The standard InChI is InChI=1S/C16H10BrFN2O2S/c17-13-7-10(18)4-5-12(13)15(22)20-16-19-14(8-23-16)9-2-1-3-11(21)6-9/h1-8,21H,(H,19,20,22). The predicted molar refractivity (Wildman–Crippen MR) is 91.3 cm³/mol. The topological polar surface area (TPSA) is 62.2 Å². The highest BCUT2D eigenvalue weighted by Crippen LogP contribution is 2.28. The van der Waals surface area contributed by atoms with Crippen LogP contribution in [0.3, 0.4) is 0 Å². The smallest absolute Gasteiger partial charge is 0.258 e. The maximum Gasteiger partial charge on any atom is 0.258 e. The van der Waals surface area contributed by atoms with E-state index < -0.39 is 5.82 Å². The highest BCUT2D eigenvalue weighted by molar-refractivity contribution is 9.10. The summed E-state index contributed by atoms with van der Waals surface area (Å²) in [4.78, 5) is 16.5. The fraction of sp³-hybridized carbons (Fsp3) is 0. The number of nitrogens with one attached hydrogen (secondary N) is 1. The van der Waals surface area contributed by atoms with Gasteiger partial charge in [0.15, 0.2) is 5.13 Å². The maximum absolute atomic E-state index is 13.1. The number of nitrogens with zero attached hydrogens (tertiary/aromatic N) is 1. The summed E-state index contributed by atoms with van der Waals surface area (Å²) in [5.74, 6) is -0.654. The molecule has 0 unspecified atom stereocenters. The van der Waals surface area contributed by atoms with Crippen molar-refractivity contribution in [3.63, 3.8) is 0 Å².